The van der Waals surface area contributed by atoms with Gasteiger partial charge in [-0.3, -0.25) is 4.79 Å². The molecule has 2 heterocycles. The van der Waals surface area contributed by atoms with Gasteiger partial charge in [-0.25, -0.2) is 8.42 Å². The standard InChI is InChI=1S/C20H18Cl2N4O3S2/c1-12-15(22)7-3-9-17(12)31(28,29)26-10-4-8-16(26)19-24-25-20(30-19)18(27)23-14-6-2-5-13(21)11-14/h2-3,5-7,9,11,16H,4,8,10H2,1H3,(H,23,27)/t16-/m0/s1. The van der Waals surface area contributed by atoms with Crippen molar-refractivity contribution in [2.24, 2.45) is 0 Å². The lowest BCUT2D eigenvalue weighted by atomic mass is 10.2. The van der Waals surface area contributed by atoms with Crippen LogP contribution in [0.3, 0.4) is 0 Å². The average Bonchev–Trinajstić information content (AvgIpc) is 3.39. The van der Waals surface area contributed by atoms with Gasteiger partial charge in [0.1, 0.15) is 5.01 Å². The van der Waals surface area contributed by atoms with Gasteiger partial charge in [-0.2, -0.15) is 4.31 Å². The van der Waals surface area contributed by atoms with Crippen LogP contribution in [0.2, 0.25) is 10.0 Å². The van der Waals surface area contributed by atoms with E-state index in [1.54, 1.807) is 49.4 Å². The zero-order valence-corrected chi connectivity index (χ0v) is 19.5. The first-order valence-electron chi connectivity index (χ1n) is 9.44. The molecule has 0 spiro atoms. The smallest absolute Gasteiger partial charge is 0.286 e. The second-order valence-corrected chi connectivity index (χ2v) is 10.8. The summed E-state index contributed by atoms with van der Waals surface area (Å²) < 4.78 is 28.1. The number of halogens is 2. The van der Waals surface area contributed by atoms with Gasteiger partial charge in [0, 0.05) is 22.3 Å². The van der Waals surface area contributed by atoms with Crippen molar-refractivity contribution in [2.45, 2.75) is 30.7 Å². The summed E-state index contributed by atoms with van der Waals surface area (Å²) in [5, 5.41) is 12.4. The Balaban J connectivity index is 1.58. The number of amides is 1. The molecule has 0 radical (unpaired) electrons. The summed E-state index contributed by atoms with van der Waals surface area (Å²) in [5.74, 6) is -0.427. The minimum Gasteiger partial charge on any atom is -0.320 e. The Morgan fingerprint density at radius 1 is 1.19 bits per heavy atom. The Labute approximate surface area is 194 Å². The molecule has 4 rings (SSSR count). The van der Waals surface area contributed by atoms with Crippen molar-refractivity contribution in [3.05, 3.63) is 68.1 Å². The van der Waals surface area contributed by atoms with E-state index in [-0.39, 0.29) is 9.90 Å². The van der Waals surface area contributed by atoms with Crippen LogP contribution in [0.15, 0.2) is 47.4 Å². The van der Waals surface area contributed by atoms with Crippen LogP contribution < -0.4 is 5.32 Å². The number of rotatable bonds is 5. The van der Waals surface area contributed by atoms with Crippen LogP contribution in [-0.2, 0) is 10.0 Å². The van der Waals surface area contributed by atoms with Crippen molar-refractivity contribution >= 4 is 56.2 Å². The molecule has 0 unspecified atom stereocenters. The number of carbonyl (C=O) groups is 1. The molecule has 1 fully saturated rings. The van der Waals surface area contributed by atoms with Crippen molar-refractivity contribution in [1.29, 1.82) is 0 Å². The summed E-state index contributed by atoms with van der Waals surface area (Å²) in [7, 11) is -3.78. The third-order valence-electron chi connectivity index (χ3n) is 5.01. The zero-order chi connectivity index (χ0) is 22.2. The highest BCUT2D eigenvalue weighted by atomic mass is 35.5. The topological polar surface area (TPSA) is 92.3 Å². The van der Waals surface area contributed by atoms with Gasteiger partial charge < -0.3 is 5.32 Å². The second-order valence-electron chi connectivity index (χ2n) is 7.05. The molecule has 11 heteroatoms. The highest BCUT2D eigenvalue weighted by Gasteiger charge is 2.39. The molecule has 1 atom stereocenters. The van der Waals surface area contributed by atoms with Crippen molar-refractivity contribution in [2.75, 3.05) is 11.9 Å². The molecule has 2 aromatic carbocycles. The molecule has 1 aromatic heterocycles. The SMILES string of the molecule is Cc1c(Cl)cccc1S(=O)(=O)N1CCC[C@H]1c1nnc(C(=O)Nc2cccc(Cl)c2)s1. The fourth-order valence-electron chi connectivity index (χ4n) is 3.48. The third-order valence-corrected chi connectivity index (χ3v) is 8.73. The van der Waals surface area contributed by atoms with Gasteiger partial charge in [-0.15, -0.1) is 10.2 Å². The molecule has 1 saturated heterocycles. The fraction of sp³-hybridized carbons (Fsp3) is 0.250. The van der Waals surface area contributed by atoms with E-state index in [0.717, 1.165) is 11.3 Å². The van der Waals surface area contributed by atoms with E-state index >= 15 is 0 Å². The molecule has 0 saturated carbocycles. The van der Waals surface area contributed by atoms with Crippen molar-refractivity contribution in [1.82, 2.24) is 14.5 Å². The van der Waals surface area contributed by atoms with Gasteiger partial charge >= 0.3 is 0 Å². The number of hydrogen-bond donors (Lipinski definition) is 1. The maximum Gasteiger partial charge on any atom is 0.286 e. The van der Waals surface area contributed by atoms with Crippen LogP contribution in [-0.4, -0.2) is 35.4 Å². The van der Waals surface area contributed by atoms with Crippen molar-refractivity contribution in [3.8, 4) is 0 Å². The Morgan fingerprint density at radius 2 is 1.97 bits per heavy atom. The lowest BCUT2D eigenvalue weighted by Gasteiger charge is -2.23. The number of benzene rings is 2. The van der Waals surface area contributed by atoms with Crippen molar-refractivity contribution < 1.29 is 13.2 Å². The Bertz CT molecular complexity index is 1250. The fourth-order valence-corrected chi connectivity index (χ4v) is 6.76. The molecular formula is C20H18Cl2N4O3S2. The lowest BCUT2D eigenvalue weighted by Crippen LogP contribution is -2.31. The Hall–Kier alpha value is -2.04. The van der Waals surface area contributed by atoms with Crippen LogP contribution in [0, 0.1) is 6.92 Å². The minimum absolute atomic E-state index is 0.151. The maximum atomic E-state index is 13.3. The summed E-state index contributed by atoms with van der Waals surface area (Å²) in [6.07, 6.45) is 1.29. The van der Waals surface area contributed by atoms with E-state index in [9.17, 15) is 13.2 Å². The molecule has 162 valence electrons. The first-order valence-corrected chi connectivity index (χ1v) is 12.5. The molecule has 0 bridgehead atoms. The lowest BCUT2D eigenvalue weighted by molar-refractivity contribution is 0.102. The zero-order valence-electron chi connectivity index (χ0n) is 16.4. The highest BCUT2D eigenvalue weighted by Crippen LogP contribution is 2.39. The van der Waals surface area contributed by atoms with Crippen LogP contribution in [0.1, 0.15) is 39.3 Å². The molecule has 1 amide bonds. The van der Waals surface area contributed by atoms with E-state index in [4.69, 9.17) is 23.2 Å². The quantitative estimate of drug-likeness (QED) is 0.540. The van der Waals surface area contributed by atoms with Crippen molar-refractivity contribution in [3.63, 3.8) is 0 Å². The monoisotopic (exact) mass is 496 g/mol. The largest absolute Gasteiger partial charge is 0.320 e. The molecule has 7 nitrogen and oxygen atoms in total. The normalized spacial score (nSPS) is 17.1. The predicted octanol–water partition coefficient (Wildman–Crippen LogP) is 4.93. The summed E-state index contributed by atoms with van der Waals surface area (Å²) in [6.45, 7) is 2.05. The van der Waals surface area contributed by atoms with Gasteiger partial charge in [0.15, 0.2) is 0 Å². The van der Waals surface area contributed by atoms with Crippen LogP contribution in [0.4, 0.5) is 5.69 Å². The molecule has 1 aliphatic rings. The molecule has 3 aromatic rings. The van der Waals surface area contributed by atoms with E-state index in [1.807, 2.05) is 0 Å². The Morgan fingerprint density at radius 3 is 2.74 bits per heavy atom. The number of carbonyl (C=O) groups excluding carboxylic acids is 1. The first kappa shape index (κ1) is 22.2. The van der Waals surface area contributed by atoms with Gasteiger partial charge in [0.2, 0.25) is 15.0 Å². The van der Waals surface area contributed by atoms with Gasteiger partial charge in [0.05, 0.1) is 10.9 Å². The number of anilines is 1. The molecule has 1 N–H and O–H groups in total. The average molecular weight is 497 g/mol. The summed E-state index contributed by atoms with van der Waals surface area (Å²) in [4.78, 5) is 12.7. The van der Waals surface area contributed by atoms with Crippen LogP contribution >= 0.6 is 34.5 Å². The number of sulfonamides is 1. The van der Waals surface area contributed by atoms with E-state index < -0.39 is 22.0 Å². The molecule has 31 heavy (non-hydrogen) atoms. The van der Waals surface area contributed by atoms with E-state index in [0.29, 0.717) is 45.7 Å². The number of nitrogens with zero attached hydrogens (tertiary/aromatic N) is 3. The number of hydrogen-bond acceptors (Lipinski definition) is 6. The van der Waals surface area contributed by atoms with Crippen LogP contribution in [0.25, 0.3) is 0 Å². The molecule has 1 aliphatic heterocycles. The summed E-state index contributed by atoms with van der Waals surface area (Å²) in [5.41, 5.74) is 1.05. The molecule has 0 aliphatic carbocycles. The summed E-state index contributed by atoms with van der Waals surface area (Å²) >= 11 is 13.2. The maximum absolute atomic E-state index is 13.3. The number of nitrogens with one attached hydrogen (secondary N) is 1. The summed E-state index contributed by atoms with van der Waals surface area (Å²) in [6, 6.07) is 11.1. The molecular weight excluding hydrogens is 479 g/mol. The minimum atomic E-state index is -3.78. The third kappa shape index (κ3) is 4.47. The Kier molecular flexibility index (Phi) is 6.32. The predicted molar refractivity (Wildman–Crippen MR) is 121 cm³/mol. The van der Waals surface area contributed by atoms with Crippen LogP contribution in [0.5, 0.6) is 0 Å². The van der Waals surface area contributed by atoms with Gasteiger partial charge in [-0.1, -0.05) is 46.7 Å². The van der Waals surface area contributed by atoms with E-state index in [2.05, 4.69) is 15.5 Å². The van der Waals surface area contributed by atoms with Gasteiger partial charge in [-0.05, 0) is 55.7 Å². The van der Waals surface area contributed by atoms with E-state index in [1.165, 1.54) is 4.31 Å². The van der Waals surface area contributed by atoms with Gasteiger partial charge in [0.25, 0.3) is 5.91 Å². The highest BCUT2D eigenvalue weighted by molar-refractivity contribution is 7.89. The first-order chi connectivity index (χ1) is 14.8. The number of aromatic nitrogens is 2. The second kappa shape index (κ2) is 8.84.